The first-order chi connectivity index (χ1) is 10.7. The van der Waals surface area contributed by atoms with E-state index in [0.29, 0.717) is 0 Å². The Balaban J connectivity index is 2.16. The molecule has 0 radical (unpaired) electrons. The van der Waals surface area contributed by atoms with Crippen molar-refractivity contribution in [2.45, 2.75) is 0 Å². The maximum Gasteiger partial charge on any atom is 0.299 e. The summed E-state index contributed by atoms with van der Waals surface area (Å²) in [5.74, 6) is 0.267. The van der Waals surface area contributed by atoms with Crippen molar-refractivity contribution >= 4 is 32.3 Å². The first-order valence-corrected chi connectivity index (χ1v) is 6.89. The molecule has 0 heterocycles. The van der Waals surface area contributed by atoms with Gasteiger partial charge in [0.1, 0.15) is 5.75 Å². The summed E-state index contributed by atoms with van der Waals surface area (Å²) in [6.45, 7) is 0. The summed E-state index contributed by atoms with van der Waals surface area (Å²) >= 11 is 0. The zero-order chi connectivity index (χ0) is 15.1. The van der Waals surface area contributed by atoms with E-state index in [1.54, 1.807) is 12.1 Å². The van der Waals surface area contributed by atoms with Gasteiger partial charge in [-0.05, 0) is 45.1 Å². The SMILES string of the molecule is O=[N+]([O-])Oc1cccc2ccc3cc4ccccc4cc3c12. The fourth-order valence-corrected chi connectivity index (χ4v) is 2.92. The van der Waals surface area contributed by atoms with Gasteiger partial charge in [0.25, 0.3) is 5.09 Å². The minimum atomic E-state index is -0.769. The number of hydrogen-bond donors (Lipinski definition) is 0. The molecule has 4 heteroatoms. The summed E-state index contributed by atoms with van der Waals surface area (Å²) in [4.78, 5) is 15.5. The van der Waals surface area contributed by atoms with Crippen molar-refractivity contribution in [1.82, 2.24) is 0 Å². The molecule has 0 fully saturated rings. The smallest absolute Gasteiger partial charge is 0.276 e. The number of fused-ring (bicyclic) bond motifs is 4. The van der Waals surface area contributed by atoms with Crippen molar-refractivity contribution in [2.24, 2.45) is 0 Å². The fourth-order valence-electron chi connectivity index (χ4n) is 2.92. The zero-order valence-corrected chi connectivity index (χ0v) is 11.5. The molecule has 22 heavy (non-hydrogen) atoms. The Hall–Kier alpha value is -3.14. The van der Waals surface area contributed by atoms with Crippen molar-refractivity contribution in [1.29, 1.82) is 0 Å². The van der Waals surface area contributed by atoms with Crippen LogP contribution >= 0.6 is 0 Å². The quantitative estimate of drug-likeness (QED) is 0.232. The normalized spacial score (nSPS) is 11.1. The van der Waals surface area contributed by atoms with Gasteiger partial charge in [-0.15, -0.1) is 10.1 Å². The molecule has 4 aromatic carbocycles. The molecule has 4 aromatic rings. The molecule has 0 spiro atoms. The molecule has 4 rings (SSSR count). The zero-order valence-electron chi connectivity index (χ0n) is 11.5. The van der Waals surface area contributed by atoms with Crippen LogP contribution in [0.25, 0.3) is 32.3 Å². The first kappa shape index (κ1) is 12.6. The third-order valence-electron chi connectivity index (χ3n) is 3.86. The monoisotopic (exact) mass is 289 g/mol. The highest BCUT2D eigenvalue weighted by Gasteiger charge is 2.10. The molecule has 4 nitrogen and oxygen atoms in total. The van der Waals surface area contributed by atoms with Crippen molar-refractivity contribution in [3.05, 3.63) is 76.8 Å². The number of benzene rings is 4. The van der Waals surface area contributed by atoms with Gasteiger partial charge in [0.2, 0.25) is 0 Å². The van der Waals surface area contributed by atoms with Crippen LogP contribution in [0.15, 0.2) is 66.7 Å². The van der Waals surface area contributed by atoms with E-state index in [4.69, 9.17) is 4.84 Å². The number of rotatable bonds is 2. The van der Waals surface area contributed by atoms with Crippen LogP contribution in [0.2, 0.25) is 0 Å². The van der Waals surface area contributed by atoms with Crippen LogP contribution in [0, 0.1) is 10.1 Å². The Bertz CT molecular complexity index is 1040. The Morgan fingerprint density at radius 2 is 1.45 bits per heavy atom. The Labute approximate surface area is 125 Å². The molecule has 0 bridgehead atoms. The summed E-state index contributed by atoms with van der Waals surface area (Å²) in [5, 5.41) is 15.9. The van der Waals surface area contributed by atoms with Crippen molar-refractivity contribution in [2.75, 3.05) is 0 Å². The highest BCUT2D eigenvalue weighted by Crippen LogP contribution is 2.35. The van der Waals surface area contributed by atoms with Gasteiger partial charge in [-0.3, -0.25) is 4.84 Å². The van der Waals surface area contributed by atoms with Gasteiger partial charge in [-0.1, -0.05) is 48.5 Å². The van der Waals surface area contributed by atoms with Gasteiger partial charge in [-0.25, -0.2) is 0 Å². The lowest BCUT2D eigenvalue weighted by Crippen LogP contribution is -2.03. The Morgan fingerprint density at radius 3 is 2.23 bits per heavy atom. The van der Waals surface area contributed by atoms with Gasteiger partial charge in [0.15, 0.2) is 0 Å². The molecule has 0 aromatic heterocycles. The summed E-state index contributed by atoms with van der Waals surface area (Å²) < 4.78 is 0. The fraction of sp³-hybridized carbons (Fsp3) is 0. The van der Waals surface area contributed by atoms with E-state index in [2.05, 4.69) is 18.2 Å². The summed E-state index contributed by atoms with van der Waals surface area (Å²) in [5.41, 5.74) is 0. The average Bonchev–Trinajstić information content (AvgIpc) is 2.52. The summed E-state index contributed by atoms with van der Waals surface area (Å²) in [6, 6.07) is 21.5. The van der Waals surface area contributed by atoms with Crippen LogP contribution in [0.1, 0.15) is 0 Å². The second-order valence-corrected chi connectivity index (χ2v) is 5.16. The van der Waals surface area contributed by atoms with Crippen LogP contribution < -0.4 is 4.84 Å². The lowest BCUT2D eigenvalue weighted by atomic mass is 9.98. The van der Waals surface area contributed by atoms with E-state index in [-0.39, 0.29) is 5.75 Å². The predicted molar refractivity (Wildman–Crippen MR) is 86.6 cm³/mol. The number of nitrogens with zero attached hydrogens (tertiary/aromatic N) is 1. The maximum absolute atomic E-state index is 10.7. The molecule has 0 saturated heterocycles. The molecule has 0 saturated carbocycles. The molecular weight excluding hydrogens is 278 g/mol. The third kappa shape index (κ3) is 1.93. The minimum Gasteiger partial charge on any atom is -0.276 e. The molecular formula is C18H11NO3. The first-order valence-electron chi connectivity index (χ1n) is 6.89. The van der Waals surface area contributed by atoms with Gasteiger partial charge < -0.3 is 0 Å². The Morgan fingerprint density at radius 1 is 0.773 bits per heavy atom. The average molecular weight is 289 g/mol. The van der Waals surface area contributed by atoms with Gasteiger partial charge in [0.05, 0.1) is 0 Å². The minimum absolute atomic E-state index is 0.267. The topological polar surface area (TPSA) is 52.4 Å². The summed E-state index contributed by atoms with van der Waals surface area (Å²) in [7, 11) is 0. The van der Waals surface area contributed by atoms with Crippen LogP contribution in [0.3, 0.4) is 0 Å². The Kier molecular flexibility index (Phi) is 2.69. The van der Waals surface area contributed by atoms with E-state index in [0.717, 1.165) is 32.3 Å². The lowest BCUT2D eigenvalue weighted by Gasteiger charge is -2.09. The van der Waals surface area contributed by atoms with E-state index in [1.807, 2.05) is 36.4 Å². The molecule has 106 valence electrons. The van der Waals surface area contributed by atoms with Crippen molar-refractivity contribution in [3.8, 4) is 5.75 Å². The van der Waals surface area contributed by atoms with E-state index < -0.39 is 5.09 Å². The van der Waals surface area contributed by atoms with Crippen LogP contribution in [-0.4, -0.2) is 5.09 Å². The van der Waals surface area contributed by atoms with Crippen LogP contribution in [-0.2, 0) is 0 Å². The third-order valence-corrected chi connectivity index (χ3v) is 3.86. The van der Waals surface area contributed by atoms with Gasteiger partial charge >= 0.3 is 0 Å². The molecule has 0 unspecified atom stereocenters. The standard InChI is InChI=1S/C18H11NO3/c20-19(21)22-17-7-3-6-12-8-9-15-10-13-4-1-2-5-14(13)11-16(15)18(12)17/h1-11H. The largest absolute Gasteiger partial charge is 0.299 e. The lowest BCUT2D eigenvalue weighted by molar-refractivity contribution is -0.710. The van der Waals surface area contributed by atoms with Crippen molar-refractivity contribution < 1.29 is 9.92 Å². The van der Waals surface area contributed by atoms with Crippen LogP contribution in [0.4, 0.5) is 0 Å². The maximum atomic E-state index is 10.7. The van der Waals surface area contributed by atoms with E-state index >= 15 is 0 Å². The summed E-state index contributed by atoms with van der Waals surface area (Å²) in [6.07, 6.45) is 0. The van der Waals surface area contributed by atoms with Gasteiger partial charge in [0, 0.05) is 5.39 Å². The van der Waals surface area contributed by atoms with E-state index in [9.17, 15) is 10.1 Å². The van der Waals surface area contributed by atoms with Gasteiger partial charge in [-0.2, -0.15) is 0 Å². The van der Waals surface area contributed by atoms with Crippen LogP contribution in [0.5, 0.6) is 5.75 Å². The highest BCUT2D eigenvalue weighted by atomic mass is 17.0. The molecule has 0 amide bonds. The molecule has 0 aliphatic rings. The second kappa shape index (κ2) is 4.70. The molecule has 0 atom stereocenters. The van der Waals surface area contributed by atoms with Crippen molar-refractivity contribution in [3.63, 3.8) is 0 Å². The predicted octanol–water partition coefficient (Wildman–Crippen LogP) is 4.72. The molecule has 0 aliphatic carbocycles. The highest BCUT2D eigenvalue weighted by molar-refractivity contribution is 6.14. The molecule has 0 aliphatic heterocycles. The van der Waals surface area contributed by atoms with E-state index in [1.165, 1.54) is 0 Å². The molecule has 0 N–H and O–H groups in total. The number of hydrogen-bond acceptors (Lipinski definition) is 3. The second-order valence-electron chi connectivity index (χ2n) is 5.16.